The van der Waals surface area contributed by atoms with Gasteiger partial charge in [-0.1, -0.05) is 20.8 Å². The van der Waals surface area contributed by atoms with Crippen LogP contribution in [0.15, 0.2) is 0 Å². The molecule has 1 atom stereocenters. The van der Waals surface area contributed by atoms with Gasteiger partial charge in [0, 0.05) is 12.0 Å². The first-order valence-electron chi connectivity index (χ1n) is 5.47. The number of aliphatic hydroxyl groups is 2. The van der Waals surface area contributed by atoms with Gasteiger partial charge in [-0.25, -0.2) is 0 Å². The fourth-order valence-corrected chi connectivity index (χ4v) is 0.833. The molecule has 0 aliphatic heterocycles. The monoisotopic (exact) mass is 246 g/mol. The summed E-state index contributed by atoms with van der Waals surface area (Å²) in [5.41, 5.74) is -1.89. The van der Waals surface area contributed by atoms with Crippen molar-refractivity contribution in [3.05, 3.63) is 0 Å². The Morgan fingerprint density at radius 3 is 2.06 bits per heavy atom. The molecule has 0 saturated heterocycles. The van der Waals surface area contributed by atoms with Crippen molar-refractivity contribution in [3.8, 4) is 0 Å². The van der Waals surface area contributed by atoms with Crippen LogP contribution in [0, 0.1) is 5.41 Å². The lowest BCUT2D eigenvalue weighted by Gasteiger charge is -2.21. The average Bonchev–Trinajstić information content (AvgIpc) is 2.21. The Morgan fingerprint density at radius 1 is 1.12 bits per heavy atom. The van der Waals surface area contributed by atoms with Gasteiger partial charge in [-0.15, -0.1) is 0 Å². The quantitative estimate of drug-likeness (QED) is 0.500. The summed E-state index contributed by atoms with van der Waals surface area (Å²) in [6, 6.07) is 0. The normalized spacial score (nSPS) is 14.9. The lowest BCUT2D eigenvalue weighted by molar-refractivity contribution is -0.131. The van der Waals surface area contributed by atoms with E-state index < -0.39 is 23.5 Å². The van der Waals surface area contributed by atoms with Gasteiger partial charge in [0.1, 0.15) is 5.60 Å². The highest BCUT2D eigenvalue weighted by molar-refractivity contribution is 5.87. The second-order valence-electron chi connectivity index (χ2n) is 5.36. The molecule has 0 spiro atoms. The van der Waals surface area contributed by atoms with Crippen molar-refractivity contribution in [2.24, 2.45) is 5.41 Å². The first kappa shape index (κ1) is 15.9. The van der Waals surface area contributed by atoms with Crippen molar-refractivity contribution in [2.45, 2.75) is 33.3 Å². The maximum Gasteiger partial charge on any atom is 0.239 e. The second-order valence-corrected chi connectivity index (χ2v) is 5.36. The van der Waals surface area contributed by atoms with Gasteiger partial charge in [-0.2, -0.15) is 0 Å². The van der Waals surface area contributed by atoms with E-state index >= 15 is 0 Å². The highest BCUT2D eigenvalue weighted by Gasteiger charge is 2.22. The third-order valence-corrected chi connectivity index (χ3v) is 2.10. The van der Waals surface area contributed by atoms with Crippen LogP contribution in [-0.2, 0) is 9.59 Å². The second kappa shape index (κ2) is 5.97. The molecule has 0 rings (SSSR count). The number of carbonyl (C=O) groups excluding carboxylic acids is 2. The van der Waals surface area contributed by atoms with E-state index in [9.17, 15) is 14.7 Å². The predicted octanol–water partition coefficient (Wildman–Crippen LogP) is -0.992. The summed E-state index contributed by atoms with van der Waals surface area (Å²) < 4.78 is 0. The molecule has 0 fully saturated rings. The molecule has 4 N–H and O–H groups in total. The van der Waals surface area contributed by atoms with Crippen molar-refractivity contribution in [1.82, 2.24) is 10.6 Å². The highest BCUT2D eigenvalue weighted by Crippen LogP contribution is 2.11. The fourth-order valence-electron chi connectivity index (χ4n) is 0.833. The zero-order valence-corrected chi connectivity index (χ0v) is 10.8. The lowest BCUT2D eigenvalue weighted by atomic mass is 9.96. The zero-order chi connectivity index (χ0) is 13.7. The van der Waals surface area contributed by atoms with Crippen LogP contribution in [0.2, 0.25) is 0 Å². The average molecular weight is 246 g/mol. The van der Waals surface area contributed by atoms with Crippen molar-refractivity contribution >= 4 is 11.8 Å². The first-order chi connectivity index (χ1) is 7.58. The maximum atomic E-state index is 11.4. The van der Waals surface area contributed by atoms with Crippen LogP contribution in [-0.4, -0.2) is 47.3 Å². The van der Waals surface area contributed by atoms with E-state index in [1.807, 2.05) is 0 Å². The molecule has 0 aliphatic rings. The van der Waals surface area contributed by atoms with E-state index in [0.717, 1.165) is 0 Å². The SMILES string of the molecule is CC(O)(CO)CNC(=O)CNC(=O)C(C)(C)C. The van der Waals surface area contributed by atoms with Crippen LogP contribution in [0.4, 0.5) is 0 Å². The van der Waals surface area contributed by atoms with E-state index in [2.05, 4.69) is 10.6 Å². The summed E-state index contributed by atoms with van der Waals surface area (Å²) in [7, 11) is 0. The molecule has 2 amide bonds. The molecule has 6 heteroatoms. The Morgan fingerprint density at radius 2 is 1.65 bits per heavy atom. The zero-order valence-electron chi connectivity index (χ0n) is 10.8. The van der Waals surface area contributed by atoms with Gasteiger partial charge >= 0.3 is 0 Å². The molecule has 0 bridgehead atoms. The Labute approximate surface area is 101 Å². The van der Waals surface area contributed by atoms with Crippen LogP contribution in [0.25, 0.3) is 0 Å². The summed E-state index contributed by atoms with van der Waals surface area (Å²) in [5, 5.41) is 23.1. The van der Waals surface area contributed by atoms with Gasteiger partial charge in [0.15, 0.2) is 0 Å². The number of nitrogens with one attached hydrogen (secondary N) is 2. The summed E-state index contributed by atoms with van der Waals surface area (Å²) in [6.07, 6.45) is 0. The molecule has 0 aromatic rings. The molecule has 0 aromatic carbocycles. The van der Waals surface area contributed by atoms with E-state index in [4.69, 9.17) is 5.11 Å². The van der Waals surface area contributed by atoms with E-state index in [-0.39, 0.29) is 19.0 Å². The van der Waals surface area contributed by atoms with E-state index in [0.29, 0.717) is 0 Å². The fraction of sp³-hybridized carbons (Fsp3) is 0.818. The van der Waals surface area contributed by atoms with Crippen LogP contribution in [0.5, 0.6) is 0 Å². The third-order valence-electron chi connectivity index (χ3n) is 2.10. The van der Waals surface area contributed by atoms with Crippen LogP contribution < -0.4 is 10.6 Å². The Bertz CT molecular complexity index is 282. The molecular formula is C11H22N2O4. The number of aliphatic hydroxyl groups excluding tert-OH is 1. The topological polar surface area (TPSA) is 98.7 Å². The van der Waals surface area contributed by atoms with Crippen molar-refractivity contribution in [2.75, 3.05) is 19.7 Å². The molecule has 0 radical (unpaired) electrons. The summed E-state index contributed by atoms with van der Waals surface area (Å²) >= 11 is 0. The Balaban J connectivity index is 3.94. The lowest BCUT2D eigenvalue weighted by Crippen LogP contribution is -2.47. The standard InChI is InChI=1S/C11H22N2O4/c1-10(2,3)9(16)12-5-8(15)13-6-11(4,17)7-14/h14,17H,5-7H2,1-4H3,(H,12,16)(H,13,15). The minimum atomic E-state index is -1.34. The molecular weight excluding hydrogens is 224 g/mol. The summed E-state index contributed by atoms with van der Waals surface area (Å²) in [4.78, 5) is 22.8. The maximum absolute atomic E-state index is 11.4. The minimum absolute atomic E-state index is 0.0618. The summed E-state index contributed by atoms with van der Waals surface area (Å²) in [6.45, 7) is 6.00. The molecule has 6 nitrogen and oxygen atoms in total. The van der Waals surface area contributed by atoms with Crippen LogP contribution >= 0.6 is 0 Å². The third kappa shape index (κ3) is 6.91. The van der Waals surface area contributed by atoms with Gasteiger partial charge in [-0.3, -0.25) is 9.59 Å². The molecule has 17 heavy (non-hydrogen) atoms. The molecule has 0 heterocycles. The first-order valence-corrected chi connectivity index (χ1v) is 5.47. The van der Waals surface area contributed by atoms with Crippen molar-refractivity contribution < 1.29 is 19.8 Å². The smallest absolute Gasteiger partial charge is 0.239 e. The minimum Gasteiger partial charge on any atom is -0.393 e. The molecule has 0 aliphatic carbocycles. The molecule has 0 saturated carbocycles. The van der Waals surface area contributed by atoms with Gasteiger partial charge in [0.2, 0.25) is 11.8 Å². The number of carbonyl (C=O) groups is 2. The molecule has 1 unspecified atom stereocenters. The number of hydrogen-bond acceptors (Lipinski definition) is 4. The van der Waals surface area contributed by atoms with Gasteiger partial charge in [0.05, 0.1) is 13.2 Å². The Kier molecular flexibility index (Phi) is 5.57. The van der Waals surface area contributed by atoms with Crippen LogP contribution in [0.3, 0.4) is 0 Å². The molecule has 100 valence electrons. The number of amides is 2. The van der Waals surface area contributed by atoms with Crippen molar-refractivity contribution in [1.29, 1.82) is 0 Å². The number of rotatable bonds is 5. The van der Waals surface area contributed by atoms with Crippen molar-refractivity contribution in [3.63, 3.8) is 0 Å². The van der Waals surface area contributed by atoms with Gasteiger partial charge in [0.25, 0.3) is 0 Å². The Hall–Kier alpha value is -1.14. The summed E-state index contributed by atoms with van der Waals surface area (Å²) in [5.74, 6) is -0.627. The number of hydrogen-bond donors (Lipinski definition) is 4. The predicted molar refractivity (Wildman–Crippen MR) is 63.2 cm³/mol. The van der Waals surface area contributed by atoms with Crippen LogP contribution in [0.1, 0.15) is 27.7 Å². The van der Waals surface area contributed by atoms with E-state index in [1.165, 1.54) is 6.92 Å². The van der Waals surface area contributed by atoms with Gasteiger partial charge < -0.3 is 20.8 Å². The highest BCUT2D eigenvalue weighted by atomic mass is 16.3. The molecule has 0 aromatic heterocycles. The largest absolute Gasteiger partial charge is 0.393 e. The van der Waals surface area contributed by atoms with Gasteiger partial charge in [-0.05, 0) is 6.92 Å². The van der Waals surface area contributed by atoms with E-state index in [1.54, 1.807) is 20.8 Å².